The fourth-order valence-electron chi connectivity index (χ4n) is 2.15. The van der Waals surface area contributed by atoms with E-state index in [2.05, 4.69) is 10.6 Å². The van der Waals surface area contributed by atoms with Crippen molar-refractivity contribution in [3.63, 3.8) is 0 Å². The van der Waals surface area contributed by atoms with Crippen LogP contribution in [0.15, 0.2) is 47.2 Å². The number of thiophene rings is 1. The maximum Gasteiger partial charge on any atom is 0.309 e. The second-order valence-corrected chi connectivity index (χ2v) is 5.88. The van der Waals surface area contributed by atoms with Crippen LogP contribution in [0.4, 0.5) is 0 Å². The first kappa shape index (κ1) is 17.2. The van der Waals surface area contributed by atoms with Crippen LogP contribution < -0.4 is 10.6 Å². The van der Waals surface area contributed by atoms with Crippen molar-refractivity contribution < 1.29 is 14.3 Å². The van der Waals surface area contributed by atoms with E-state index >= 15 is 0 Å². The Kier molecular flexibility index (Phi) is 6.31. The van der Waals surface area contributed by atoms with Crippen LogP contribution in [-0.2, 0) is 14.3 Å². The van der Waals surface area contributed by atoms with Gasteiger partial charge < -0.3 is 15.4 Å². The SMILES string of the molecule is CO[C@@H](CNC(=O)C(=O)N[C@@H](C)c1ccccc1)c1ccsc1. The van der Waals surface area contributed by atoms with Crippen LogP contribution in [0.1, 0.15) is 30.2 Å². The molecule has 0 spiro atoms. The first-order valence-electron chi connectivity index (χ1n) is 7.30. The fourth-order valence-corrected chi connectivity index (χ4v) is 2.85. The third-order valence-electron chi connectivity index (χ3n) is 3.50. The summed E-state index contributed by atoms with van der Waals surface area (Å²) in [4.78, 5) is 23.9. The van der Waals surface area contributed by atoms with Gasteiger partial charge in [-0.25, -0.2) is 0 Å². The topological polar surface area (TPSA) is 67.4 Å². The van der Waals surface area contributed by atoms with E-state index in [1.165, 1.54) is 0 Å². The summed E-state index contributed by atoms with van der Waals surface area (Å²) < 4.78 is 5.34. The van der Waals surface area contributed by atoms with E-state index in [4.69, 9.17) is 4.74 Å². The van der Waals surface area contributed by atoms with E-state index in [0.29, 0.717) is 0 Å². The molecule has 2 aromatic rings. The third-order valence-corrected chi connectivity index (χ3v) is 4.20. The molecule has 2 rings (SSSR count). The number of benzene rings is 1. The summed E-state index contributed by atoms with van der Waals surface area (Å²) in [6.45, 7) is 2.09. The van der Waals surface area contributed by atoms with E-state index in [9.17, 15) is 9.59 Å². The lowest BCUT2D eigenvalue weighted by Gasteiger charge is -2.16. The summed E-state index contributed by atoms with van der Waals surface area (Å²) in [5, 5.41) is 9.19. The molecule has 1 aromatic heterocycles. The van der Waals surface area contributed by atoms with Gasteiger partial charge in [0.2, 0.25) is 0 Å². The first-order valence-corrected chi connectivity index (χ1v) is 8.24. The first-order chi connectivity index (χ1) is 11.1. The molecule has 0 aliphatic carbocycles. The average Bonchev–Trinajstić information content (AvgIpc) is 3.10. The number of rotatable bonds is 6. The fraction of sp³-hybridized carbons (Fsp3) is 0.294. The van der Waals surface area contributed by atoms with Gasteiger partial charge in [0.05, 0.1) is 6.04 Å². The molecule has 6 heteroatoms. The number of hydrogen-bond acceptors (Lipinski definition) is 4. The molecule has 0 fully saturated rings. The monoisotopic (exact) mass is 332 g/mol. The molecule has 2 atom stereocenters. The Hall–Kier alpha value is -2.18. The Morgan fingerprint density at radius 1 is 1.13 bits per heavy atom. The van der Waals surface area contributed by atoms with Gasteiger partial charge in [-0.1, -0.05) is 30.3 Å². The number of ether oxygens (including phenoxy) is 1. The molecule has 0 saturated carbocycles. The van der Waals surface area contributed by atoms with Crippen molar-refractivity contribution in [1.29, 1.82) is 0 Å². The lowest BCUT2D eigenvalue weighted by molar-refractivity contribution is -0.139. The highest BCUT2D eigenvalue weighted by atomic mass is 32.1. The molecule has 5 nitrogen and oxygen atoms in total. The Bertz CT molecular complexity index is 629. The van der Waals surface area contributed by atoms with E-state index in [-0.39, 0.29) is 18.7 Å². The number of nitrogens with one attached hydrogen (secondary N) is 2. The van der Waals surface area contributed by atoms with Crippen molar-refractivity contribution in [2.45, 2.75) is 19.1 Å². The second kappa shape index (κ2) is 8.45. The van der Waals surface area contributed by atoms with Crippen LogP contribution in [0, 0.1) is 0 Å². The molecular formula is C17H20N2O3S. The van der Waals surface area contributed by atoms with Gasteiger partial charge in [0.1, 0.15) is 6.10 Å². The smallest absolute Gasteiger partial charge is 0.309 e. The summed E-state index contributed by atoms with van der Waals surface area (Å²) >= 11 is 1.56. The van der Waals surface area contributed by atoms with Crippen LogP contribution in [0.3, 0.4) is 0 Å². The highest BCUT2D eigenvalue weighted by Gasteiger charge is 2.19. The predicted octanol–water partition coefficient (Wildman–Crippen LogP) is 2.43. The number of carbonyl (C=O) groups excluding carboxylic acids is 2. The lowest BCUT2D eigenvalue weighted by atomic mass is 10.1. The van der Waals surface area contributed by atoms with Crippen LogP contribution in [-0.4, -0.2) is 25.5 Å². The number of amides is 2. The molecule has 0 bridgehead atoms. The Morgan fingerprint density at radius 2 is 1.87 bits per heavy atom. The maximum atomic E-state index is 12.0. The van der Waals surface area contributed by atoms with Gasteiger partial charge in [-0.3, -0.25) is 9.59 Å². The quantitative estimate of drug-likeness (QED) is 0.799. The maximum absolute atomic E-state index is 12.0. The zero-order valence-corrected chi connectivity index (χ0v) is 13.9. The van der Waals surface area contributed by atoms with Crippen molar-refractivity contribution in [3.05, 3.63) is 58.3 Å². The van der Waals surface area contributed by atoms with Gasteiger partial charge in [0, 0.05) is 13.7 Å². The summed E-state index contributed by atoms with van der Waals surface area (Å²) in [5.41, 5.74) is 1.93. The van der Waals surface area contributed by atoms with Gasteiger partial charge >= 0.3 is 11.8 Å². The van der Waals surface area contributed by atoms with Crippen molar-refractivity contribution in [3.8, 4) is 0 Å². The Labute approximate surface area is 139 Å². The van der Waals surface area contributed by atoms with Gasteiger partial charge in [-0.15, -0.1) is 0 Å². The second-order valence-electron chi connectivity index (χ2n) is 5.10. The molecule has 2 amide bonds. The molecule has 0 unspecified atom stereocenters. The third kappa shape index (κ3) is 4.91. The highest BCUT2D eigenvalue weighted by molar-refractivity contribution is 7.07. The van der Waals surface area contributed by atoms with E-state index in [1.54, 1.807) is 18.4 Å². The van der Waals surface area contributed by atoms with Crippen molar-refractivity contribution in [2.75, 3.05) is 13.7 Å². The van der Waals surface area contributed by atoms with E-state index in [0.717, 1.165) is 11.1 Å². The average molecular weight is 332 g/mol. The van der Waals surface area contributed by atoms with Crippen LogP contribution in [0.5, 0.6) is 0 Å². The molecule has 2 N–H and O–H groups in total. The summed E-state index contributed by atoms with van der Waals surface area (Å²) in [7, 11) is 1.58. The molecule has 0 aliphatic heterocycles. The Balaban J connectivity index is 1.84. The molecule has 1 heterocycles. The minimum atomic E-state index is -0.662. The number of carbonyl (C=O) groups is 2. The molecule has 1 aromatic carbocycles. The van der Waals surface area contributed by atoms with E-state index < -0.39 is 11.8 Å². The number of methoxy groups -OCH3 is 1. The minimum Gasteiger partial charge on any atom is -0.375 e. The molecule has 0 aliphatic rings. The normalized spacial score (nSPS) is 13.1. The lowest BCUT2D eigenvalue weighted by Crippen LogP contribution is -2.42. The highest BCUT2D eigenvalue weighted by Crippen LogP contribution is 2.18. The van der Waals surface area contributed by atoms with E-state index in [1.807, 2.05) is 54.1 Å². The summed E-state index contributed by atoms with van der Waals surface area (Å²) in [6, 6.07) is 11.2. The van der Waals surface area contributed by atoms with Gasteiger partial charge in [-0.05, 0) is 34.9 Å². The Morgan fingerprint density at radius 3 is 2.48 bits per heavy atom. The van der Waals surface area contributed by atoms with Crippen molar-refractivity contribution in [2.24, 2.45) is 0 Å². The number of hydrogen-bond donors (Lipinski definition) is 2. The van der Waals surface area contributed by atoms with Crippen molar-refractivity contribution in [1.82, 2.24) is 10.6 Å². The molecule has 0 radical (unpaired) electrons. The van der Waals surface area contributed by atoms with Crippen molar-refractivity contribution >= 4 is 23.2 Å². The zero-order chi connectivity index (χ0) is 16.7. The zero-order valence-electron chi connectivity index (χ0n) is 13.1. The largest absolute Gasteiger partial charge is 0.375 e. The van der Waals surface area contributed by atoms with Gasteiger partial charge in [-0.2, -0.15) is 11.3 Å². The van der Waals surface area contributed by atoms with Gasteiger partial charge in [0.15, 0.2) is 0 Å². The molecule has 0 saturated heterocycles. The van der Waals surface area contributed by atoms with Gasteiger partial charge in [0.25, 0.3) is 0 Å². The minimum absolute atomic E-state index is 0.232. The standard InChI is InChI=1S/C17H20N2O3S/c1-12(13-6-4-3-5-7-13)19-17(21)16(20)18-10-15(22-2)14-8-9-23-11-14/h3-9,11-12,15H,10H2,1-2H3,(H,18,20)(H,19,21)/t12-,15-/m0/s1. The summed E-state index contributed by atoms with van der Waals surface area (Å²) in [6.07, 6.45) is -0.260. The van der Waals surface area contributed by atoms with Crippen LogP contribution >= 0.6 is 11.3 Å². The molecule has 122 valence electrons. The van der Waals surface area contributed by atoms with Crippen LogP contribution in [0.2, 0.25) is 0 Å². The summed E-state index contributed by atoms with van der Waals surface area (Å²) in [5.74, 6) is -1.31. The predicted molar refractivity (Wildman–Crippen MR) is 90.1 cm³/mol. The molecular weight excluding hydrogens is 312 g/mol. The van der Waals surface area contributed by atoms with Crippen LogP contribution in [0.25, 0.3) is 0 Å². The molecule has 23 heavy (non-hydrogen) atoms.